The molecule has 4 rings (SSSR count). The standard InChI is InChI=1S/C18H26N6O/c1-25-16-6-4-13(5-7-16)18-15(10-20-22-18)11-24-12-17(21-23-24)14-3-2-8-19-9-14/h4-7,12,14-15,18-20,22H,2-3,8-11H2,1H3. The van der Waals surface area contributed by atoms with Gasteiger partial charge in [0.15, 0.2) is 0 Å². The molecule has 0 amide bonds. The Morgan fingerprint density at radius 3 is 2.88 bits per heavy atom. The van der Waals surface area contributed by atoms with Crippen LogP contribution in [0, 0.1) is 5.92 Å². The number of hydrogen-bond donors (Lipinski definition) is 3. The molecule has 2 aliphatic heterocycles. The molecule has 2 saturated heterocycles. The molecule has 0 bridgehead atoms. The number of benzene rings is 1. The maximum atomic E-state index is 5.25. The van der Waals surface area contributed by atoms with Gasteiger partial charge in [-0.15, -0.1) is 5.10 Å². The van der Waals surface area contributed by atoms with Crippen LogP contribution in [0.1, 0.15) is 36.1 Å². The molecule has 0 radical (unpaired) electrons. The van der Waals surface area contributed by atoms with Crippen molar-refractivity contribution in [3.8, 4) is 5.75 Å². The Hall–Kier alpha value is -1.96. The summed E-state index contributed by atoms with van der Waals surface area (Å²) in [6.45, 7) is 3.90. The highest BCUT2D eigenvalue weighted by atomic mass is 16.5. The molecule has 2 fully saturated rings. The second-order valence-corrected chi connectivity index (χ2v) is 6.94. The van der Waals surface area contributed by atoms with Gasteiger partial charge < -0.3 is 10.1 Å². The Labute approximate surface area is 148 Å². The van der Waals surface area contributed by atoms with Crippen molar-refractivity contribution in [1.82, 2.24) is 31.2 Å². The number of hydrazine groups is 1. The summed E-state index contributed by atoms with van der Waals surface area (Å²) in [7, 11) is 1.69. The summed E-state index contributed by atoms with van der Waals surface area (Å²) in [6, 6.07) is 8.52. The van der Waals surface area contributed by atoms with E-state index in [0.717, 1.165) is 37.6 Å². The maximum Gasteiger partial charge on any atom is 0.118 e. The quantitative estimate of drug-likeness (QED) is 0.759. The van der Waals surface area contributed by atoms with E-state index >= 15 is 0 Å². The number of rotatable bonds is 5. The zero-order chi connectivity index (χ0) is 17.1. The minimum Gasteiger partial charge on any atom is -0.497 e. The average Bonchev–Trinajstić information content (AvgIpc) is 3.33. The first kappa shape index (κ1) is 16.5. The van der Waals surface area contributed by atoms with E-state index in [2.05, 4.69) is 44.8 Å². The smallest absolute Gasteiger partial charge is 0.118 e. The predicted molar refractivity (Wildman–Crippen MR) is 95.2 cm³/mol. The first-order chi connectivity index (χ1) is 12.3. The highest BCUT2D eigenvalue weighted by Gasteiger charge is 2.29. The van der Waals surface area contributed by atoms with Crippen LogP contribution in [-0.4, -0.2) is 41.7 Å². The normalized spacial score (nSPS) is 26.7. The van der Waals surface area contributed by atoms with E-state index in [1.807, 2.05) is 16.8 Å². The molecule has 0 aliphatic carbocycles. The Morgan fingerprint density at radius 2 is 2.12 bits per heavy atom. The van der Waals surface area contributed by atoms with Gasteiger partial charge >= 0.3 is 0 Å². The van der Waals surface area contributed by atoms with Gasteiger partial charge in [-0.1, -0.05) is 17.3 Å². The van der Waals surface area contributed by atoms with Crippen LogP contribution in [0.3, 0.4) is 0 Å². The lowest BCUT2D eigenvalue weighted by Crippen LogP contribution is -2.28. The summed E-state index contributed by atoms with van der Waals surface area (Å²) in [5.41, 5.74) is 9.05. The third kappa shape index (κ3) is 3.68. The van der Waals surface area contributed by atoms with Gasteiger partial charge in [0.1, 0.15) is 5.75 Å². The highest BCUT2D eigenvalue weighted by Crippen LogP contribution is 2.28. The molecule has 3 N–H and O–H groups in total. The minimum absolute atomic E-state index is 0.259. The fraction of sp³-hybridized carbons (Fsp3) is 0.556. The van der Waals surface area contributed by atoms with Crippen LogP contribution in [0.25, 0.3) is 0 Å². The van der Waals surface area contributed by atoms with Crippen molar-refractivity contribution in [2.24, 2.45) is 5.92 Å². The van der Waals surface area contributed by atoms with E-state index in [9.17, 15) is 0 Å². The number of nitrogens with zero attached hydrogens (tertiary/aromatic N) is 3. The summed E-state index contributed by atoms with van der Waals surface area (Å²) in [5.74, 6) is 1.81. The summed E-state index contributed by atoms with van der Waals surface area (Å²) in [4.78, 5) is 0. The third-order valence-electron chi connectivity index (χ3n) is 5.26. The summed E-state index contributed by atoms with van der Waals surface area (Å²) < 4.78 is 7.25. The molecule has 2 aliphatic rings. The first-order valence-corrected chi connectivity index (χ1v) is 9.06. The maximum absolute atomic E-state index is 5.25. The molecular formula is C18H26N6O. The molecule has 25 heavy (non-hydrogen) atoms. The SMILES string of the molecule is COc1ccc(C2NNCC2Cn2cc(C3CCCNC3)nn2)cc1. The number of ether oxygens (including phenoxy) is 1. The van der Waals surface area contributed by atoms with Gasteiger partial charge in [0.2, 0.25) is 0 Å². The lowest BCUT2D eigenvalue weighted by atomic mass is 9.94. The number of piperidine rings is 1. The van der Waals surface area contributed by atoms with Gasteiger partial charge in [-0.2, -0.15) is 0 Å². The van der Waals surface area contributed by atoms with Crippen molar-refractivity contribution in [1.29, 1.82) is 0 Å². The molecule has 0 spiro atoms. The topological polar surface area (TPSA) is 76.0 Å². The van der Waals surface area contributed by atoms with Gasteiger partial charge in [-0.05, 0) is 37.1 Å². The first-order valence-electron chi connectivity index (χ1n) is 9.06. The lowest BCUT2D eigenvalue weighted by Gasteiger charge is -2.20. The van der Waals surface area contributed by atoms with Crippen molar-refractivity contribution >= 4 is 0 Å². The van der Waals surface area contributed by atoms with Crippen molar-refractivity contribution < 1.29 is 4.74 Å². The fourth-order valence-electron chi connectivity index (χ4n) is 3.81. The van der Waals surface area contributed by atoms with E-state index in [0.29, 0.717) is 11.8 Å². The van der Waals surface area contributed by atoms with E-state index in [1.54, 1.807) is 7.11 Å². The Morgan fingerprint density at radius 1 is 1.24 bits per heavy atom. The third-order valence-corrected chi connectivity index (χ3v) is 5.26. The fourth-order valence-corrected chi connectivity index (χ4v) is 3.81. The van der Waals surface area contributed by atoms with Gasteiger partial charge in [-0.3, -0.25) is 10.1 Å². The summed E-state index contributed by atoms with van der Waals surface area (Å²) in [6.07, 6.45) is 4.54. The van der Waals surface area contributed by atoms with Crippen LogP contribution in [0.2, 0.25) is 0 Å². The van der Waals surface area contributed by atoms with Crippen LogP contribution in [0.5, 0.6) is 5.75 Å². The van der Waals surface area contributed by atoms with Crippen molar-refractivity contribution in [3.05, 3.63) is 41.7 Å². The largest absolute Gasteiger partial charge is 0.497 e. The molecule has 3 atom stereocenters. The lowest BCUT2D eigenvalue weighted by molar-refractivity contribution is 0.387. The second-order valence-electron chi connectivity index (χ2n) is 6.94. The van der Waals surface area contributed by atoms with Crippen molar-refractivity contribution in [2.75, 3.05) is 26.7 Å². The van der Waals surface area contributed by atoms with E-state index in [4.69, 9.17) is 4.74 Å². The molecule has 3 unspecified atom stereocenters. The Balaban J connectivity index is 1.43. The molecular weight excluding hydrogens is 316 g/mol. The molecule has 7 heteroatoms. The number of nitrogens with one attached hydrogen (secondary N) is 3. The molecule has 1 aromatic heterocycles. The average molecular weight is 342 g/mol. The van der Waals surface area contributed by atoms with Crippen LogP contribution >= 0.6 is 0 Å². The summed E-state index contributed by atoms with van der Waals surface area (Å²) >= 11 is 0. The minimum atomic E-state index is 0.259. The van der Waals surface area contributed by atoms with Gasteiger partial charge in [0.25, 0.3) is 0 Å². The number of aromatic nitrogens is 3. The van der Waals surface area contributed by atoms with Crippen LogP contribution in [0.4, 0.5) is 0 Å². The van der Waals surface area contributed by atoms with Crippen molar-refractivity contribution in [2.45, 2.75) is 31.3 Å². The van der Waals surface area contributed by atoms with Crippen LogP contribution < -0.4 is 20.9 Å². The molecule has 134 valence electrons. The van der Waals surface area contributed by atoms with Gasteiger partial charge in [-0.25, -0.2) is 5.43 Å². The Bertz CT molecular complexity index is 679. The monoisotopic (exact) mass is 342 g/mol. The number of methoxy groups -OCH3 is 1. The van der Waals surface area contributed by atoms with Crippen LogP contribution in [0.15, 0.2) is 30.5 Å². The van der Waals surface area contributed by atoms with Crippen molar-refractivity contribution in [3.63, 3.8) is 0 Å². The molecule has 3 heterocycles. The number of hydrogen-bond acceptors (Lipinski definition) is 6. The van der Waals surface area contributed by atoms with Crippen LogP contribution in [-0.2, 0) is 6.54 Å². The molecule has 1 aromatic carbocycles. The summed E-state index contributed by atoms with van der Waals surface area (Å²) in [5, 5.41) is 12.2. The zero-order valence-electron chi connectivity index (χ0n) is 14.6. The predicted octanol–water partition coefficient (Wildman–Crippen LogP) is 1.22. The highest BCUT2D eigenvalue weighted by molar-refractivity contribution is 5.29. The molecule has 7 nitrogen and oxygen atoms in total. The molecule has 0 saturated carbocycles. The molecule has 2 aromatic rings. The Kier molecular flexibility index (Phi) is 4.96. The second kappa shape index (κ2) is 7.51. The van der Waals surface area contributed by atoms with Gasteiger partial charge in [0.05, 0.1) is 18.8 Å². The van der Waals surface area contributed by atoms with E-state index in [-0.39, 0.29) is 6.04 Å². The van der Waals surface area contributed by atoms with E-state index in [1.165, 1.54) is 18.4 Å². The van der Waals surface area contributed by atoms with E-state index < -0.39 is 0 Å². The zero-order valence-corrected chi connectivity index (χ0v) is 14.6. The van der Waals surface area contributed by atoms with Gasteiger partial charge in [0, 0.05) is 37.7 Å².